The predicted octanol–water partition coefficient (Wildman–Crippen LogP) is 4.81. The van der Waals surface area contributed by atoms with E-state index >= 15 is 0 Å². The molecule has 1 aromatic rings. The Labute approximate surface area is 208 Å². The number of carbonyl (C=O) groups excluding carboxylic acids is 1. The van der Waals surface area contributed by atoms with Crippen molar-refractivity contribution in [3.63, 3.8) is 0 Å². The van der Waals surface area contributed by atoms with Crippen LogP contribution in [0.25, 0.3) is 0 Å². The van der Waals surface area contributed by atoms with Crippen LogP contribution in [0.4, 0.5) is 13.2 Å². The molecule has 2 fully saturated rings. The second-order valence-corrected chi connectivity index (χ2v) is 9.89. The molecular weight excluding hydrogens is 481 g/mol. The van der Waals surface area contributed by atoms with E-state index in [1.54, 1.807) is 20.1 Å². The van der Waals surface area contributed by atoms with Crippen molar-refractivity contribution in [3.8, 4) is 0 Å². The number of carbonyl (C=O) groups is 1. The average molecular weight is 511 g/mol. The van der Waals surface area contributed by atoms with Crippen LogP contribution in [0.15, 0.2) is 39.8 Å². The fourth-order valence-electron chi connectivity index (χ4n) is 5.13. The van der Waals surface area contributed by atoms with Gasteiger partial charge in [-0.2, -0.15) is 0 Å². The normalized spacial score (nSPS) is 27.6. The topological polar surface area (TPSA) is 66.3 Å². The minimum atomic E-state index is -2.91. The Morgan fingerprint density at radius 2 is 2.00 bits per heavy atom. The highest BCUT2D eigenvalue weighted by Crippen LogP contribution is 2.38. The molecule has 1 N–H and O–H groups in total. The van der Waals surface area contributed by atoms with E-state index in [2.05, 4.69) is 20.2 Å². The van der Waals surface area contributed by atoms with Crippen LogP contribution < -0.4 is 5.32 Å². The van der Waals surface area contributed by atoms with Crippen molar-refractivity contribution < 1.29 is 22.7 Å². The Morgan fingerprint density at radius 3 is 2.66 bits per heavy atom. The predicted molar refractivity (Wildman–Crippen MR) is 130 cm³/mol. The number of hydrogen-bond acceptors (Lipinski definition) is 5. The van der Waals surface area contributed by atoms with Crippen LogP contribution in [0, 0.1) is 11.7 Å². The quantitative estimate of drug-likeness (QED) is 0.441. The molecule has 35 heavy (non-hydrogen) atoms. The molecule has 4 rings (SSSR count). The third-order valence-electron chi connectivity index (χ3n) is 7.33. The van der Waals surface area contributed by atoms with Crippen LogP contribution >= 0.6 is 11.6 Å². The van der Waals surface area contributed by atoms with Gasteiger partial charge in [0, 0.05) is 31.7 Å². The minimum Gasteiger partial charge on any atom is -0.370 e. The lowest BCUT2D eigenvalue weighted by Crippen LogP contribution is -2.49. The summed E-state index contributed by atoms with van der Waals surface area (Å²) in [5.74, 6) is -0.646. The minimum absolute atomic E-state index is 0.0393. The van der Waals surface area contributed by atoms with Crippen LogP contribution in [0.1, 0.15) is 56.2 Å². The highest BCUT2D eigenvalue weighted by molar-refractivity contribution is 6.66. The first-order valence-corrected chi connectivity index (χ1v) is 12.1. The monoisotopic (exact) mass is 510 g/mol. The van der Waals surface area contributed by atoms with E-state index in [9.17, 15) is 18.0 Å². The van der Waals surface area contributed by atoms with Crippen molar-refractivity contribution in [1.29, 1.82) is 0 Å². The molecule has 10 heteroatoms. The number of nitrogens with one attached hydrogen (secondary N) is 1. The number of benzene rings is 1. The van der Waals surface area contributed by atoms with Crippen molar-refractivity contribution in [2.45, 2.75) is 56.7 Å². The second-order valence-electron chi connectivity index (χ2n) is 9.54. The number of methoxy groups -OCH3 is 1. The molecule has 2 unspecified atom stereocenters. The standard InChI is InChI=1S/C25H30ClF3N4O2/c1-14(16-5-4-6-17(21(16)27)22(28)29)30-23-18-11-15(12-19(18)31-24(26)32-23)13-20(34)25(35-3)7-9-33(2)10-8-25/h4-6,13-14,18-19,22H,7-12H2,1-3H3,(H,30,31,32)/b15-13+/t14-,18?,19?/m1/s1. The first-order chi connectivity index (χ1) is 16.6. The summed E-state index contributed by atoms with van der Waals surface area (Å²) in [4.78, 5) is 24.5. The van der Waals surface area contributed by atoms with Gasteiger partial charge >= 0.3 is 0 Å². The van der Waals surface area contributed by atoms with Gasteiger partial charge in [-0.15, -0.1) is 0 Å². The molecule has 1 saturated heterocycles. The zero-order valence-corrected chi connectivity index (χ0v) is 20.8. The summed E-state index contributed by atoms with van der Waals surface area (Å²) in [6, 6.07) is 3.01. The number of ketones is 1. The lowest BCUT2D eigenvalue weighted by atomic mass is 9.86. The highest BCUT2D eigenvalue weighted by Gasteiger charge is 2.42. The smallest absolute Gasteiger partial charge is 0.266 e. The summed E-state index contributed by atoms with van der Waals surface area (Å²) in [7, 11) is 3.61. The molecule has 0 aromatic heterocycles. The van der Waals surface area contributed by atoms with Crippen molar-refractivity contribution in [2.75, 3.05) is 27.2 Å². The first kappa shape index (κ1) is 25.9. The Balaban J connectivity index is 1.56. The van der Waals surface area contributed by atoms with Gasteiger partial charge in [0.2, 0.25) is 0 Å². The molecule has 190 valence electrons. The summed E-state index contributed by atoms with van der Waals surface area (Å²) < 4.78 is 46.7. The van der Waals surface area contributed by atoms with E-state index in [0.717, 1.165) is 24.7 Å². The molecule has 0 radical (unpaired) electrons. The lowest BCUT2D eigenvalue weighted by Gasteiger charge is -2.37. The molecule has 0 spiro atoms. The molecule has 1 aliphatic carbocycles. The van der Waals surface area contributed by atoms with Crippen LogP contribution in [0.2, 0.25) is 0 Å². The number of alkyl halides is 2. The molecule has 1 aromatic carbocycles. The van der Waals surface area contributed by atoms with Crippen LogP contribution in [0.3, 0.4) is 0 Å². The van der Waals surface area contributed by atoms with E-state index in [4.69, 9.17) is 16.3 Å². The molecule has 0 amide bonds. The maximum absolute atomic E-state index is 14.7. The summed E-state index contributed by atoms with van der Waals surface area (Å²) in [6.07, 6.45) is 1.14. The zero-order valence-electron chi connectivity index (χ0n) is 20.0. The fourth-order valence-corrected chi connectivity index (χ4v) is 5.36. The number of nitrogens with zero attached hydrogens (tertiary/aromatic N) is 3. The summed E-state index contributed by atoms with van der Waals surface area (Å²) in [6.45, 7) is 3.22. The average Bonchev–Trinajstić information content (AvgIpc) is 3.22. The number of fused-ring (bicyclic) bond motifs is 1. The summed E-state index contributed by atoms with van der Waals surface area (Å²) >= 11 is 6.21. The van der Waals surface area contributed by atoms with Crippen LogP contribution in [-0.2, 0) is 9.53 Å². The number of amidine groups is 2. The van der Waals surface area contributed by atoms with E-state index < -0.39 is 29.4 Å². The Hall–Kier alpha value is -2.23. The van der Waals surface area contributed by atoms with E-state index in [-0.39, 0.29) is 28.6 Å². The maximum Gasteiger partial charge on any atom is 0.266 e. The lowest BCUT2D eigenvalue weighted by molar-refractivity contribution is -0.141. The number of piperidine rings is 1. The van der Waals surface area contributed by atoms with Crippen molar-refractivity contribution in [2.24, 2.45) is 15.9 Å². The van der Waals surface area contributed by atoms with Crippen LogP contribution in [-0.4, -0.2) is 60.7 Å². The number of hydrogen-bond donors (Lipinski definition) is 1. The SMILES string of the molecule is COC1(C(=O)/C=C2/CC3N=C(Cl)NC(=N[C@H](C)c4cccc(C(F)F)c4F)C3C2)CCN(C)CC1. The summed E-state index contributed by atoms with van der Waals surface area (Å²) in [5, 5.41) is 3.12. The van der Waals surface area contributed by atoms with E-state index in [1.165, 1.54) is 12.1 Å². The van der Waals surface area contributed by atoms with E-state index in [1.807, 2.05) is 7.05 Å². The van der Waals surface area contributed by atoms with Gasteiger partial charge in [0.1, 0.15) is 17.3 Å². The van der Waals surface area contributed by atoms with E-state index in [0.29, 0.717) is 31.5 Å². The Morgan fingerprint density at radius 1 is 1.31 bits per heavy atom. The third-order valence-corrected chi connectivity index (χ3v) is 7.52. The number of likely N-dealkylation sites (tertiary alicyclic amines) is 1. The molecule has 0 bridgehead atoms. The number of rotatable bonds is 6. The first-order valence-electron chi connectivity index (χ1n) is 11.8. The third kappa shape index (κ3) is 5.32. The van der Waals surface area contributed by atoms with Gasteiger partial charge in [0.05, 0.1) is 17.6 Å². The Bertz CT molecular complexity index is 1070. The molecule has 3 aliphatic rings. The van der Waals surface area contributed by atoms with Gasteiger partial charge in [-0.3, -0.25) is 14.8 Å². The molecular formula is C25H30ClF3N4O2. The van der Waals surface area contributed by atoms with Crippen molar-refractivity contribution in [3.05, 3.63) is 46.8 Å². The van der Waals surface area contributed by atoms with Gasteiger partial charge < -0.3 is 15.0 Å². The molecule has 2 aliphatic heterocycles. The molecule has 3 atom stereocenters. The van der Waals surface area contributed by atoms with Gasteiger partial charge in [-0.05, 0) is 57.3 Å². The number of halogens is 4. The van der Waals surface area contributed by atoms with Crippen molar-refractivity contribution in [1.82, 2.24) is 10.2 Å². The molecule has 1 saturated carbocycles. The number of ether oxygens (including phenoxy) is 1. The highest BCUT2D eigenvalue weighted by atomic mass is 35.5. The van der Waals surface area contributed by atoms with Gasteiger partial charge in [-0.1, -0.05) is 23.8 Å². The largest absolute Gasteiger partial charge is 0.370 e. The molecule has 2 heterocycles. The Kier molecular flexibility index (Phi) is 7.68. The summed E-state index contributed by atoms with van der Waals surface area (Å²) in [5.41, 5.74) is -0.441. The van der Waals surface area contributed by atoms with Gasteiger partial charge in [0.25, 0.3) is 6.43 Å². The van der Waals surface area contributed by atoms with Crippen LogP contribution in [0.5, 0.6) is 0 Å². The van der Waals surface area contributed by atoms with Gasteiger partial charge in [0.15, 0.2) is 11.1 Å². The zero-order chi connectivity index (χ0) is 25.3. The van der Waals surface area contributed by atoms with Crippen molar-refractivity contribution >= 4 is 28.5 Å². The maximum atomic E-state index is 14.7. The van der Waals surface area contributed by atoms with Gasteiger partial charge in [-0.25, -0.2) is 13.2 Å². The fraction of sp³-hybridized carbons (Fsp3) is 0.560. The molecule has 6 nitrogen and oxygen atoms in total. The second kappa shape index (κ2) is 10.4. The number of aliphatic imine (C=N–C) groups is 2.